The largest absolute Gasteiger partial charge is 0.496 e. The highest BCUT2D eigenvalue weighted by Crippen LogP contribution is 2.26. The zero-order valence-corrected chi connectivity index (χ0v) is 13.5. The lowest BCUT2D eigenvalue weighted by Gasteiger charge is -2.14. The molecule has 0 amide bonds. The van der Waals surface area contributed by atoms with E-state index in [0.717, 1.165) is 22.8 Å². The van der Waals surface area contributed by atoms with Crippen molar-refractivity contribution in [1.82, 2.24) is 10.1 Å². The van der Waals surface area contributed by atoms with Gasteiger partial charge in [-0.2, -0.15) is 4.98 Å². The molecule has 0 saturated carbocycles. The SMILES string of the molecule is COc1ccc(NC(C)c2nc(C(C)(C)C)no2)cc1C. The minimum Gasteiger partial charge on any atom is -0.496 e. The van der Waals surface area contributed by atoms with Crippen LogP contribution < -0.4 is 10.1 Å². The van der Waals surface area contributed by atoms with Gasteiger partial charge in [-0.15, -0.1) is 0 Å². The molecule has 0 aliphatic heterocycles. The maximum Gasteiger partial charge on any atom is 0.248 e. The third kappa shape index (κ3) is 3.54. The van der Waals surface area contributed by atoms with Gasteiger partial charge in [0.05, 0.1) is 7.11 Å². The van der Waals surface area contributed by atoms with Gasteiger partial charge in [0.2, 0.25) is 5.89 Å². The minimum absolute atomic E-state index is 0.0543. The lowest BCUT2D eigenvalue weighted by Crippen LogP contribution is -2.14. The molecule has 0 radical (unpaired) electrons. The van der Waals surface area contributed by atoms with E-state index in [9.17, 15) is 0 Å². The summed E-state index contributed by atoms with van der Waals surface area (Å²) in [6.45, 7) is 10.2. The Bertz CT molecular complexity index is 614. The average molecular weight is 289 g/mol. The molecule has 0 aliphatic rings. The Hall–Kier alpha value is -2.04. The Kier molecular flexibility index (Phi) is 4.21. The highest BCUT2D eigenvalue weighted by molar-refractivity contribution is 5.51. The maximum absolute atomic E-state index is 5.35. The summed E-state index contributed by atoms with van der Waals surface area (Å²) in [6.07, 6.45) is 0. The molecule has 114 valence electrons. The van der Waals surface area contributed by atoms with Crippen molar-refractivity contribution in [3.63, 3.8) is 0 Å². The number of nitrogens with one attached hydrogen (secondary N) is 1. The van der Waals surface area contributed by atoms with Gasteiger partial charge in [0, 0.05) is 11.1 Å². The van der Waals surface area contributed by atoms with Gasteiger partial charge in [0.15, 0.2) is 5.82 Å². The fraction of sp³-hybridized carbons (Fsp3) is 0.500. The molecule has 1 aromatic carbocycles. The van der Waals surface area contributed by atoms with Gasteiger partial charge in [-0.25, -0.2) is 0 Å². The van der Waals surface area contributed by atoms with Crippen molar-refractivity contribution < 1.29 is 9.26 Å². The second-order valence-electron chi connectivity index (χ2n) is 6.26. The van der Waals surface area contributed by atoms with Crippen LogP contribution in [0.15, 0.2) is 22.7 Å². The van der Waals surface area contributed by atoms with Gasteiger partial charge >= 0.3 is 0 Å². The van der Waals surface area contributed by atoms with Crippen LogP contribution in [0, 0.1) is 6.92 Å². The van der Waals surface area contributed by atoms with Crippen molar-refractivity contribution in [2.45, 2.75) is 46.1 Å². The van der Waals surface area contributed by atoms with E-state index in [-0.39, 0.29) is 11.5 Å². The predicted octanol–water partition coefficient (Wildman–Crippen LogP) is 3.86. The number of aromatic nitrogens is 2. The number of benzene rings is 1. The Balaban J connectivity index is 2.12. The molecule has 5 heteroatoms. The lowest BCUT2D eigenvalue weighted by molar-refractivity contribution is 0.354. The summed E-state index contributed by atoms with van der Waals surface area (Å²) in [7, 11) is 1.67. The van der Waals surface area contributed by atoms with Gasteiger partial charge in [-0.3, -0.25) is 0 Å². The van der Waals surface area contributed by atoms with E-state index in [0.29, 0.717) is 5.89 Å². The lowest BCUT2D eigenvalue weighted by atomic mass is 9.96. The third-order valence-corrected chi connectivity index (χ3v) is 3.26. The zero-order valence-electron chi connectivity index (χ0n) is 13.5. The third-order valence-electron chi connectivity index (χ3n) is 3.26. The molecule has 0 saturated heterocycles. The van der Waals surface area contributed by atoms with Crippen LogP contribution in [0.3, 0.4) is 0 Å². The molecular formula is C16H23N3O2. The number of hydrogen-bond donors (Lipinski definition) is 1. The predicted molar refractivity (Wildman–Crippen MR) is 82.8 cm³/mol. The summed E-state index contributed by atoms with van der Waals surface area (Å²) in [6, 6.07) is 5.90. The van der Waals surface area contributed by atoms with E-state index in [1.165, 1.54) is 0 Å². The van der Waals surface area contributed by atoms with Crippen molar-refractivity contribution in [2.24, 2.45) is 0 Å². The number of rotatable bonds is 4. The first-order valence-corrected chi connectivity index (χ1v) is 7.06. The van der Waals surface area contributed by atoms with Gasteiger partial charge in [0.25, 0.3) is 0 Å². The fourth-order valence-corrected chi connectivity index (χ4v) is 2.00. The Morgan fingerprint density at radius 2 is 2.00 bits per heavy atom. The molecule has 21 heavy (non-hydrogen) atoms. The molecular weight excluding hydrogens is 266 g/mol. The molecule has 0 fully saturated rings. The standard InChI is InChI=1S/C16H23N3O2/c1-10-9-12(7-8-13(10)20-6)17-11(2)14-18-15(19-21-14)16(3,4)5/h7-9,11,17H,1-6H3. The first kappa shape index (κ1) is 15.4. The summed E-state index contributed by atoms with van der Waals surface area (Å²) in [4.78, 5) is 4.47. The highest BCUT2D eigenvalue weighted by Gasteiger charge is 2.23. The Morgan fingerprint density at radius 1 is 1.29 bits per heavy atom. The van der Waals surface area contributed by atoms with Crippen LogP contribution in [0.1, 0.15) is 51.0 Å². The van der Waals surface area contributed by atoms with Crippen molar-refractivity contribution >= 4 is 5.69 Å². The van der Waals surface area contributed by atoms with E-state index in [1.54, 1.807) is 7.11 Å². The molecule has 0 aliphatic carbocycles. The number of nitrogens with zero attached hydrogens (tertiary/aromatic N) is 2. The molecule has 1 atom stereocenters. The molecule has 1 N–H and O–H groups in total. The number of methoxy groups -OCH3 is 1. The van der Waals surface area contributed by atoms with Gasteiger partial charge in [-0.1, -0.05) is 25.9 Å². The van der Waals surface area contributed by atoms with Crippen molar-refractivity contribution in [3.8, 4) is 5.75 Å². The van der Waals surface area contributed by atoms with Gasteiger partial charge in [0.1, 0.15) is 11.8 Å². The highest BCUT2D eigenvalue weighted by atomic mass is 16.5. The topological polar surface area (TPSA) is 60.2 Å². The summed E-state index contributed by atoms with van der Waals surface area (Å²) in [5, 5.41) is 7.41. The average Bonchev–Trinajstić information content (AvgIpc) is 2.88. The number of aryl methyl sites for hydroxylation is 1. The first-order valence-electron chi connectivity index (χ1n) is 7.06. The Labute approximate surface area is 125 Å². The normalized spacial score (nSPS) is 13.0. The monoisotopic (exact) mass is 289 g/mol. The van der Waals surface area contributed by atoms with Gasteiger partial charge in [-0.05, 0) is 37.6 Å². The fourth-order valence-electron chi connectivity index (χ4n) is 2.00. The minimum atomic E-state index is -0.113. The molecule has 0 spiro atoms. The van der Waals surface area contributed by atoms with Crippen molar-refractivity contribution in [1.29, 1.82) is 0 Å². The number of anilines is 1. The van der Waals surface area contributed by atoms with Crippen LogP contribution in [-0.2, 0) is 5.41 Å². The molecule has 0 bridgehead atoms. The molecule has 1 unspecified atom stereocenters. The molecule has 2 rings (SSSR count). The zero-order chi connectivity index (χ0) is 15.6. The second-order valence-corrected chi connectivity index (χ2v) is 6.26. The quantitative estimate of drug-likeness (QED) is 0.926. The van der Waals surface area contributed by atoms with Crippen molar-refractivity contribution in [2.75, 3.05) is 12.4 Å². The van der Waals surface area contributed by atoms with E-state index >= 15 is 0 Å². The maximum atomic E-state index is 5.35. The van der Waals surface area contributed by atoms with E-state index in [1.807, 2.05) is 32.0 Å². The number of ether oxygens (including phenoxy) is 1. The molecule has 5 nitrogen and oxygen atoms in total. The van der Waals surface area contributed by atoms with Gasteiger partial charge < -0.3 is 14.6 Å². The second kappa shape index (κ2) is 5.76. The van der Waals surface area contributed by atoms with Crippen LogP contribution in [0.4, 0.5) is 5.69 Å². The van der Waals surface area contributed by atoms with E-state index in [2.05, 4.69) is 36.2 Å². The molecule has 2 aromatic rings. The van der Waals surface area contributed by atoms with Crippen LogP contribution in [0.2, 0.25) is 0 Å². The van der Waals surface area contributed by atoms with Crippen LogP contribution in [0.5, 0.6) is 5.75 Å². The summed E-state index contributed by atoms with van der Waals surface area (Å²) in [5.41, 5.74) is 1.96. The number of hydrogen-bond acceptors (Lipinski definition) is 5. The molecule has 1 aromatic heterocycles. The summed E-state index contributed by atoms with van der Waals surface area (Å²) < 4.78 is 10.6. The van der Waals surface area contributed by atoms with E-state index in [4.69, 9.17) is 9.26 Å². The summed E-state index contributed by atoms with van der Waals surface area (Å²) in [5.74, 6) is 2.19. The van der Waals surface area contributed by atoms with Crippen LogP contribution in [-0.4, -0.2) is 17.3 Å². The van der Waals surface area contributed by atoms with Crippen molar-refractivity contribution in [3.05, 3.63) is 35.5 Å². The molecule has 1 heterocycles. The van der Waals surface area contributed by atoms with Crippen LogP contribution in [0.25, 0.3) is 0 Å². The van der Waals surface area contributed by atoms with Crippen LogP contribution >= 0.6 is 0 Å². The smallest absolute Gasteiger partial charge is 0.248 e. The first-order chi connectivity index (χ1) is 9.81. The van der Waals surface area contributed by atoms with E-state index < -0.39 is 0 Å². The summed E-state index contributed by atoms with van der Waals surface area (Å²) >= 11 is 0. The Morgan fingerprint density at radius 3 is 2.52 bits per heavy atom.